The first-order valence-electron chi connectivity index (χ1n) is 9.55. The average molecular weight is 385 g/mol. The van der Waals surface area contributed by atoms with Crippen molar-refractivity contribution in [2.75, 3.05) is 11.9 Å². The Morgan fingerprint density at radius 1 is 1.00 bits per heavy atom. The lowest BCUT2D eigenvalue weighted by molar-refractivity contribution is -0.119. The molecule has 0 aliphatic carbocycles. The SMILES string of the molecule is CCCCCOc1ccc(NC(=S)NC(=O)CCCc2ccccc2)cc1. The molecular formula is C22H28N2O2S. The highest BCUT2D eigenvalue weighted by Gasteiger charge is 2.05. The van der Waals surface area contributed by atoms with E-state index in [2.05, 4.69) is 29.7 Å². The molecule has 0 bridgehead atoms. The first-order chi connectivity index (χ1) is 13.2. The van der Waals surface area contributed by atoms with Gasteiger partial charge in [-0.1, -0.05) is 50.1 Å². The number of amides is 1. The summed E-state index contributed by atoms with van der Waals surface area (Å²) in [6.45, 7) is 2.91. The van der Waals surface area contributed by atoms with E-state index in [0.29, 0.717) is 11.5 Å². The smallest absolute Gasteiger partial charge is 0.226 e. The van der Waals surface area contributed by atoms with Crippen LogP contribution in [0.5, 0.6) is 5.75 Å². The minimum absolute atomic E-state index is 0.0701. The van der Waals surface area contributed by atoms with Gasteiger partial charge in [0, 0.05) is 12.1 Å². The van der Waals surface area contributed by atoms with E-state index in [9.17, 15) is 4.79 Å². The maximum Gasteiger partial charge on any atom is 0.226 e. The predicted molar refractivity (Wildman–Crippen MR) is 115 cm³/mol. The van der Waals surface area contributed by atoms with Gasteiger partial charge in [0.1, 0.15) is 5.75 Å². The molecule has 27 heavy (non-hydrogen) atoms. The van der Waals surface area contributed by atoms with Crippen molar-refractivity contribution in [1.82, 2.24) is 5.32 Å². The monoisotopic (exact) mass is 384 g/mol. The van der Waals surface area contributed by atoms with Crippen molar-refractivity contribution >= 4 is 28.9 Å². The fourth-order valence-corrected chi connectivity index (χ4v) is 2.86. The van der Waals surface area contributed by atoms with Gasteiger partial charge in [0.15, 0.2) is 5.11 Å². The summed E-state index contributed by atoms with van der Waals surface area (Å²) in [6, 6.07) is 17.7. The molecule has 2 aromatic carbocycles. The number of hydrogen-bond acceptors (Lipinski definition) is 3. The molecule has 0 atom stereocenters. The zero-order chi connectivity index (χ0) is 19.3. The van der Waals surface area contributed by atoms with Crippen molar-refractivity contribution in [2.45, 2.75) is 45.4 Å². The second kappa shape index (κ2) is 12.1. The van der Waals surface area contributed by atoms with Crippen LogP contribution < -0.4 is 15.4 Å². The number of ether oxygens (including phenoxy) is 1. The van der Waals surface area contributed by atoms with E-state index in [-0.39, 0.29) is 5.91 Å². The van der Waals surface area contributed by atoms with Gasteiger partial charge in [-0.15, -0.1) is 0 Å². The molecule has 1 amide bonds. The van der Waals surface area contributed by atoms with Crippen molar-refractivity contribution in [2.24, 2.45) is 0 Å². The normalized spacial score (nSPS) is 10.3. The van der Waals surface area contributed by atoms with Gasteiger partial charge in [-0.3, -0.25) is 4.79 Å². The summed E-state index contributed by atoms with van der Waals surface area (Å²) in [4.78, 5) is 12.0. The number of carbonyl (C=O) groups is 1. The summed E-state index contributed by atoms with van der Waals surface area (Å²) in [7, 11) is 0. The molecule has 0 fully saturated rings. The highest BCUT2D eigenvalue weighted by molar-refractivity contribution is 7.80. The molecule has 2 rings (SSSR count). The molecule has 144 valence electrons. The molecule has 0 unspecified atom stereocenters. The standard InChI is InChI=1S/C22H28N2O2S/c1-2-3-7-17-26-20-15-13-19(14-16-20)23-22(27)24-21(25)12-8-11-18-9-5-4-6-10-18/h4-6,9-10,13-16H,2-3,7-8,11-12,17H2,1H3,(H2,23,24,25,27). The number of aryl methyl sites for hydroxylation is 1. The van der Waals surface area contributed by atoms with Gasteiger partial charge in [0.05, 0.1) is 6.61 Å². The third-order valence-electron chi connectivity index (χ3n) is 4.09. The second-order valence-corrected chi connectivity index (χ2v) is 6.83. The summed E-state index contributed by atoms with van der Waals surface area (Å²) >= 11 is 5.21. The first kappa shape index (κ1) is 20.9. The Morgan fingerprint density at radius 3 is 2.44 bits per heavy atom. The summed E-state index contributed by atoms with van der Waals surface area (Å²) in [6.07, 6.45) is 5.55. The number of anilines is 1. The van der Waals surface area contributed by atoms with Crippen LogP contribution >= 0.6 is 12.2 Å². The Labute approximate surface area is 167 Å². The fraction of sp³-hybridized carbons (Fsp3) is 0.364. The van der Waals surface area contributed by atoms with E-state index < -0.39 is 0 Å². The van der Waals surface area contributed by atoms with Gasteiger partial charge < -0.3 is 15.4 Å². The molecule has 2 N–H and O–H groups in total. The number of thiocarbonyl (C=S) groups is 1. The van der Waals surface area contributed by atoms with Crippen LogP contribution in [0.4, 0.5) is 5.69 Å². The quantitative estimate of drug-likeness (QED) is 0.442. The summed E-state index contributed by atoms with van der Waals surface area (Å²) in [5.74, 6) is 0.770. The Morgan fingerprint density at radius 2 is 1.74 bits per heavy atom. The highest BCUT2D eigenvalue weighted by Crippen LogP contribution is 2.16. The third kappa shape index (κ3) is 8.69. The summed E-state index contributed by atoms with van der Waals surface area (Å²) in [5, 5.41) is 6.07. The van der Waals surface area contributed by atoms with E-state index in [1.165, 1.54) is 18.4 Å². The number of unbranched alkanes of at least 4 members (excludes halogenated alkanes) is 2. The number of nitrogens with one attached hydrogen (secondary N) is 2. The number of carbonyl (C=O) groups excluding carboxylic acids is 1. The molecule has 5 heteroatoms. The summed E-state index contributed by atoms with van der Waals surface area (Å²) < 4.78 is 5.68. The summed E-state index contributed by atoms with van der Waals surface area (Å²) in [5.41, 5.74) is 2.06. The van der Waals surface area contributed by atoms with Gasteiger partial charge in [-0.2, -0.15) is 0 Å². The minimum atomic E-state index is -0.0701. The lowest BCUT2D eigenvalue weighted by atomic mass is 10.1. The maximum absolute atomic E-state index is 12.0. The van der Waals surface area contributed by atoms with E-state index in [1.54, 1.807) is 0 Å². The zero-order valence-corrected chi connectivity index (χ0v) is 16.7. The van der Waals surface area contributed by atoms with Crippen LogP contribution in [0.1, 0.15) is 44.6 Å². The molecule has 0 aliphatic heterocycles. The van der Waals surface area contributed by atoms with E-state index in [1.807, 2.05) is 42.5 Å². The van der Waals surface area contributed by atoms with Crippen LogP contribution in [0, 0.1) is 0 Å². The van der Waals surface area contributed by atoms with Crippen LogP contribution in [0.3, 0.4) is 0 Å². The molecule has 0 aromatic heterocycles. The molecule has 4 nitrogen and oxygen atoms in total. The molecule has 0 radical (unpaired) electrons. The maximum atomic E-state index is 12.0. The number of rotatable bonds is 10. The van der Waals surface area contributed by atoms with Crippen molar-refractivity contribution in [3.8, 4) is 5.75 Å². The van der Waals surface area contributed by atoms with Gasteiger partial charge in [0.25, 0.3) is 0 Å². The van der Waals surface area contributed by atoms with Crippen molar-refractivity contribution < 1.29 is 9.53 Å². The lowest BCUT2D eigenvalue weighted by Crippen LogP contribution is -2.33. The van der Waals surface area contributed by atoms with Gasteiger partial charge in [-0.05, 0) is 61.3 Å². The van der Waals surface area contributed by atoms with Crippen molar-refractivity contribution in [1.29, 1.82) is 0 Å². The topological polar surface area (TPSA) is 50.4 Å². The third-order valence-corrected chi connectivity index (χ3v) is 4.30. The first-order valence-corrected chi connectivity index (χ1v) is 9.96. The fourth-order valence-electron chi connectivity index (χ4n) is 2.63. The van der Waals surface area contributed by atoms with Crippen LogP contribution in [0.15, 0.2) is 54.6 Å². The molecule has 0 spiro atoms. The highest BCUT2D eigenvalue weighted by atomic mass is 32.1. The largest absolute Gasteiger partial charge is 0.494 e. The molecule has 0 aliphatic rings. The second-order valence-electron chi connectivity index (χ2n) is 6.42. The van der Waals surface area contributed by atoms with Crippen LogP contribution in [0.2, 0.25) is 0 Å². The Bertz CT molecular complexity index is 702. The van der Waals surface area contributed by atoms with Gasteiger partial charge >= 0.3 is 0 Å². The van der Waals surface area contributed by atoms with Crippen LogP contribution in [-0.4, -0.2) is 17.6 Å². The molecular weight excluding hydrogens is 356 g/mol. The van der Waals surface area contributed by atoms with Crippen molar-refractivity contribution in [3.05, 3.63) is 60.2 Å². The van der Waals surface area contributed by atoms with Gasteiger partial charge in [-0.25, -0.2) is 0 Å². The Hall–Kier alpha value is -2.40. The molecule has 0 saturated carbocycles. The lowest BCUT2D eigenvalue weighted by Gasteiger charge is -2.11. The predicted octanol–water partition coefficient (Wildman–Crippen LogP) is 5.09. The molecule has 0 heterocycles. The Balaban J connectivity index is 1.66. The average Bonchev–Trinajstić information content (AvgIpc) is 2.67. The van der Waals surface area contributed by atoms with Crippen LogP contribution in [-0.2, 0) is 11.2 Å². The van der Waals surface area contributed by atoms with E-state index >= 15 is 0 Å². The Kier molecular flexibility index (Phi) is 9.35. The van der Waals surface area contributed by atoms with E-state index in [4.69, 9.17) is 17.0 Å². The van der Waals surface area contributed by atoms with Gasteiger partial charge in [0.2, 0.25) is 5.91 Å². The zero-order valence-electron chi connectivity index (χ0n) is 15.9. The molecule has 0 saturated heterocycles. The minimum Gasteiger partial charge on any atom is -0.494 e. The van der Waals surface area contributed by atoms with Crippen LogP contribution in [0.25, 0.3) is 0 Å². The van der Waals surface area contributed by atoms with E-state index in [0.717, 1.165) is 37.3 Å². The number of hydrogen-bond donors (Lipinski definition) is 2. The van der Waals surface area contributed by atoms with Crippen molar-refractivity contribution in [3.63, 3.8) is 0 Å². The molecule has 2 aromatic rings. The number of benzene rings is 2.